The normalized spacial score (nSPS) is 11.3. The number of hydrogen-bond acceptors (Lipinski definition) is 7. The summed E-state index contributed by atoms with van der Waals surface area (Å²) in [6.07, 6.45) is 3.06. The van der Waals surface area contributed by atoms with Crippen molar-refractivity contribution in [2.75, 3.05) is 19.8 Å². The lowest BCUT2D eigenvalue weighted by atomic mass is 10.1. The molecule has 0 heterocycles. The minimum absolute atomic E-state index is 0.0308. The summed E-state index contributed by atoms with van der Waals surface area (Å²) in [5.74, 6) is -0.263. The Bertz CT molecular complexity index is 1360. The maximum atomic E-state index is 13.8. The predicted octanol–water partition coefficient (Wildman–Crippen LogP) is 6.28. The van der Waals surface area contributed by atoms with Crippen molar-refractivity contribution in [3.63, 3.8) is 0 Å². The predicted molar refractivity (Wildman–Crippen MR) is 153 cm³/mol. The average Bonchev–Trinajstić information content (AvgIpc) is 2.94. The summed E-state index contributed by atoms with van der Waals surface area (Å²) >= 11 is 0. The Kier molecular flexibility index (Phi) is 11.7. The number of carbonyl (C=O) groups excluding carboxylic acids is 2. The molecule has 8 nitrogen and oxygen atoms in total. The van der Waals surface area contributed by atoms with Gasteiger partial charge in [-0.15, -0.1) is 0 Å². The van der Waals surface area contributed by atoms with Crippen molar-refractivity contribution < 1.29 is 32.2 Å². The molecule has 9 heteroatoms. The largest absolute Gasteiger partial charge is 0.465 e. The van der Waals surface area contributed by atoms with E-state index in [4.69, 9.17) is 14.2 Å². The highest BCUT2D eigenvalue weighted by Crippen LogP contribution is 2.27. The highest BCUT2D eigenvalue weighted by molar-refractivity contribution is 7.89. The summed E-state index contributed by atoms with van der Waals surface area (Å²) in [5.41, 5.74) is 1.43. The standard InChI is InChI=1S/C31H37NO7S/c1-4-6-19-37-30(33)23-32(40(35,36)28-16-13-24(3)14-17-28)22-25-21-27(39-26-11-9-8-10-12-26)15-18-29(25)31(34)38-20-7-5-2/h8-18,21H,4-7,19-20,22-23H2,1-3H3. The van der Waals surface area contributed by atoms with Crippen molar-refractivity contribution in [1.29, 1.82) is 0 Å². The fourth-order valence-corrected chi connectivity index (χ4v) is 5.13. The quantitative estimate of drug-likeness (QED) is 0.157. The van der Waals surface area contributed by atoms with Crippen molar-refractivity contribution in [2.45, 2.75) is 57.9 Å². The lowest BCUT2D eigenvalue weighted by Crippen LogP contribution is -2.36. The molecule has 40 heavy (non-hydrogen) atoms. The van der Waals surface area contributed by atoms with Crippen LogP contribution in [0.15, 0.2) is 77.7 Å². The second kappa shape index (κ2) is 15.2. The van der Waals surface area contributed by atoms with Gasteiger partial charge in [0.1, 0.15) is 18.0 Å². The van der Waals surface area contributed by atoms with Crippen LogP contribution in [0.4, 0.5) is 0 Å². The first kappa shape index (κ1) is 30.8. The maximum Gasteiger partial charge on any atom is 0.338 e. The van der Waals surface area contributed by atoms with E-state index < -0.39 is 28.5 Å². The molecule has 0 amide bonds. The molecule has 0 bridgehead atoms. The molecule has 0 spiro atoms. The van der Waals surface area contributed by atoms with Crippen LogP contribution in [0.2, 0.25) is 0 Å². The van der Waals surface area contributed by atoms with Crippen molar-refractivity contribution >= 4 is 22.0 Å². The van der Waals surface area contributed by atoms with Gasteiger partial charge in [0.25, 0.3) is 0 Å². The van der Waals surface area contributed by atoms with E-state index in [1.165, 1.54) is 12.1 Å². The van der Waals surface area contributed by atoms with Gasteiger partial charge >= 0.3 is 11.9 Å². The molecular formula is C31H37NO7S. The molecule has 0 N–H and O–H groups in total. The number of carbonyl (C=O) groups is 2. The monoisotopic (exact) mass is 567 g/mol. The first-order valence-corrected chi connectivity index (χ1v) is 14.9. The Morgan fingerprint density at radius 1 is 0.800 bits per heavy atom. The number of benzene rings is 3. The van der Waals surface area contributed by atoms with Crippen LogP contribution >= 0.6 is 0 Å². The number of hydrogen-bond donors (Lipinski definition) is 0. The number of aryl methyl sites for hydroxylation is 1. The topological polar surface area (TPSA) is 99.2 Å². The van der Waals surface area contributed by atoms with Gasteiger partial charge in [0.2, 0.25) is 10.0 Å². The Hall–Kier alpha value is -3.69. The number of nitrogens with zero attached hydrogens (tertiary/aromatic N) is 1. The van der Waals surface area contributed by atoms with E-state index in [1.54, 1.807) is 42.5 Å². The Balaban J connectivity index is 2.00. The molecule has 0 atom stereocenters. The Labute approximate surface area is 236 Å². The Morgan fingerprint density at radius 3 is 2.10 bits per heavy atom. The van der Waals surface area contributed by atoms with Crippen molar-refractivity contribution in [1.82, 2.24) is 4.31 Å². The summed E-state index contributed by atoms with van der Waals surface area (Å²) in [6, 6.07) is 20.2. The molecule has 0 saturated heterocycles. The smallest absolute Gasteiger partial charge is 0.338 e. The molecule has 0 fully saturated rings. The number of esters is 2. The van der Waals surface area contributed by atoms with Gasteiger partial charge in [0.05, 0.1) is 23.7 Å². The number of para-hydroxylation sites is 1. The summed E-state index contributed by atoms with van der Waals surface area (Å²) < 4.78 is 45.2. The summed E-state index contributed by atoms with van der Waals surface area (Å²) in [7, 11) is -4.14. The van der Waals surface area contributed by atoms with Gasteiger partial charge in [-0.3, -0.25) is 4.79 Å². The third kappa shape index (κ3) is 8.93. The van der Waals surface area contributed by atoms with Gasteiger partial charge in [0, 0.05) is 6.54 Å². The van der Waals surface area contributed by atoms with E-state index in [0.29, 0.717) is 29.9 Å². The van der Waals surface area contributed by atoms with Crippen LogP contribution in [0, 0.1) is 6.92 Å². The molecule has 0 aromatic heterocycles. The van der Waals surface area contributed by atoms with Crippen molar-refractivity contribution in [3.05, 3.63) is 89.5 Å². The van der Waals surface area contributed by atoms with Gasteiger partial charge in [-0.2, -0.15) is 4.31 Å². The highest BCUT2D eigenvalue weighted by atomic mass is 32.2. The SMILES string of the molecule is CCCCOC(=O)CN(Cc1cc(Oc2ccccc2)ccc1C(=O)OCCCC)S(=O)(=O)c1ccc(C)cc1. The summed E-state index contributed by atoms with van der Waals surface area (Å²) in [6.45, 7) is 5.45. The molecule has 3 aromatic rings. The van der Waals surface area contributed by atoms with Crippen molar-refractivity contribution in [3.8, 4) is 11.5 Å². The minimum Gasteiger partial charge on any atom is -0.465 e. The maximum absolute atomic E-state index is 13.8. The molecule has 0 aliphatic rings. The number of unbranched alkanes of at least 4 members (excludes halogenated alkanes) is 2. The van der Waals surface area contributed by atoms with Gasteiger partial charge in [-0.05, 0) is 67.8 Å². The summed E-state index contributed by atoms with van der Waals surface area (Å²) in [4.78, 5) is 25.8. The van der Waals surface area contributed by atoms with Crippen molar-refractivity contribution in [2.24, 2.45) is 0 Å². The van der Waals surface area contributed by atoms with Crippen LogP contribution in [0.1, 0.15) is 61.0 Å². The molecule has 214 valence electrons. The van der Waals surface area contributed by atoms with E-state index in [2.05, 4.69) is 0 Å². The zero-order valence-electron chi connectivity index (χ0n) is 23.3. The van der Waals surface area contributed by atoms with E-state index in [1.807, 2.05) is 39.0 Å². The zero-order chi connectivity index (χ0) is 29.0. The second-order valence-corrected chi connectivity index (χ2v) is 11.3. The van der Waals surface area contributed by atoms with Crippen LogP contribution in [-0.4, -0.2) is 44.4 Å². The fraction of sp³-hybridized carbons (Fsp3) is 0.355. The van der Waals surface area contributed by atoms with E-state index >= 15 is 0 Å². The summed E-state index contributed by atoms with van der Waals surface area (Å²) in [5, 5.41) is 0. The molecule has 3 aromatic carbocycles. The molecule has 0 aliphatic carbocycles. The minimum atomic E-state index is -4.14. The lowest BCUT2D eigenvalue weighted by molar-refractivity contribution is -0.144. The molecule has 0 aliphatic heterocycles. The van der Waals surface area contributed by atoms with Gasteiger partial charge in [0.15, 0.2) is 0 Å². The highest BCUT2D eigenvalue weighted by Gasteiger charge is 2.29. The third-order valence-electron chi connectivity index (χ3n) is 6.08. The van der Waals surface area contributed by atoms with Crippen LogP contribution in [-0.2, 0) is 30.8 Å². The van der Waals surface area contributed by atoms with Gasteiger partial charge in [-0.25, -0.2) is 13.2 Å². The molecule has 0 unspecified atom stereocenters. The lowest BCUT2D eigenvalue weighted by Gasteiger charge is -2.23. The van der Waals surface area contributed by atoms with Gasteiger partial charge < -0.3 is 14.2 Å². The fourth-order valence-electron chi connectivity index (χ4n) is 3.77. The van der Waals surface area contributed by atoms with Gasteiger partial charge in [-0.1, -0.05) is 62.6 Å². The number of rotatable bonds is 15. The van der Waals surface area contributed by atoms with Crippen LogP contribution in [0.5, 0.6) is 11.5 Å². The number of ether oxygens (including phenoxy) is 3. The first-order valence-electron chi connectivity index (χ1n) is 13.5. The Morgan fingerprint density at radius 2 is 1.45 bits per heavy atom. The van der Waals surface area contributed by atoms with Crippen LogP contribution < -0.4 is 4.74 Å². The van der Waals surface area contributed by atoms with E-state index in [-0.39, 0.29) is 30.2 Å². The van der Waals surface area contributed by atoms with Crippen LogP contribution in [0.3, 0.4) is 0 Å². The molecular weight excluding hydrogens is 530 g/mol. The molecule has 0 saturated carbocycles. The molecule has 0 radical (unpaired) electrons. The first-order chi connectivity index (χ1) is 19.2. The number of sulfonamides is 1. The van der Waals surface area contributed by atoms with E-state index in [0.717, 1.165) is 22.7 Å². The van der Waals surface area contributed by atoms with Crippen LogP contribution in [0.25, 0.3) is 0 Å². The zero-order valence-corrected chi connectivity index (χ0v) is 24.1. The average molecular weight is 568 g/mol. The second-order valence-electron chi connectivity index (χ2n) is 9.38. The third-order valence-corrected chi connectivity index (χ3v) is 7.88. The van der Waals surface area contributed by atoms with E-state index in [9.17, 15) is 18.0 Å². The molecule has 3 rings (SSSR count).